The molecule has 1 saturated heterocycles. The number of amides is 1. The Balaban J connectivity index is 2.21. The number of ether oxygens (including phenoxy) is 2. The number of rotatable bonds is 9. The quantitative estimate of drug-likeness (QED) is 0.524. The number of cyclic esters (lactones) is 1. The van der Waals surface area contributed by atoms with Gasteiger partial charge in [-0.05, 0) is 49.3 Å². The topological polar surface area (TPSA) is 96.3 Å². The molecule has 1 heterocycles. The first-order valence-electron chi connectivity index (χ1n) is 12.8. The lowest BCUT2D eigenvalue weighted by atomic mass is 9.94. The molecule has 2 unspecified atom stereocenters. The average Bonchev–Trinajstić information content (AvgIpc) is 2.82. The molecule has 2 N–H and O–H groups in total. The van der Waals surface area contributed by atoms with Crippen LogP contribution in [0.5, 0.6) is 5.75 Å². The lowest BCUT2D eigenvalue weighted by Crippen LogP contribution is -2.46. The van der Waals surface area contributed by atoms with Crippen LogP contribution in [0.25, 0.3) is 0 Å². The summed E-state index contributed by atoms with van der Waals surface area (Å²) in [5, 5.41) is 19.3. The number of hydrogen-bond acceptors (Lipinski definition) is 6. The smallest absolute Gasteiger partial charge is 0.329 e. The zero-order valence-corrected chi connectivity index (χ0v) is 21.1. The van der Waals surface area contributed by atoms with E-state index in [1.165, 1.54) is 4.90 Å². The molecule has 1 aliphatic heterocycles. The van der Waals surface area contributed by atoms with Crippen molar-refractivity contribution in [2.75, 3.05) is 20.3 Å². The summed E-state index contributed by atoms with van der Waals surface area (Å²) >= 11 is 0. The van der Waals surface area contributed by atoms with E-state index >= 15 is 0 Å². The lowest BCUT2D eigenvalue weighted by molar-refractivity contribution is -0.160. The minimum Gasteiger partial charge on any atom is -0.491 e. The molecule has 0 radical (unpaired) electrons. The molecule has 1 amide bonds. The summed E-state index contributed by atoms with van der Waals surface area (Å²) in [6, 6.07) is 6.58. The van der Waals surface area contributed by atoms with E-state index in [0.717, 1.165) is 44.1 Å². The molecule has 1 aliphatic rings. The second kappa shape index (κ2) is 15.0. The van der Waals surface area contributed by atoms with Crippen molar-refractivity contribution in [3.8, 4) is 5.75 Å². The molecule has 4 atom stereocenters. The van der Waals surface area contributed by atoms with E-state index in [-0.39, 0.29) is 25.2 Å². The zero-order chi connectivity index (χ0) is 24.9. The Hall–Kier alpha value is -2.12. The van der Waals surface area contributed by atoms with Gasteiger partial charge in [0.15, 0.2) is 0 Å². The summed E-state index contributed by atoms with van der Waals surface area (Å²) in [5.41, 5.74) is 0.887. The van der Waals surface area contributed by atoms with Crippen LogP contribution in [0.1, 0.15) is 77.2 Å². The van der Waals surface area contributed by atoms with Crippen LogP contribution in [-0.2, 0) is 20.7 Å². The molecule has 1 aromatic rings. The lowest BCUT2D eigenvalue weighted by Gasteiger charge is -2.29. The van der Waals surface area contributed by atoms with Gasteiger partial charge in [-0.15, -0.1) is 0 Å². The van der Waals surface area contributed by atoms with Crippen molar-refractivity contribution in [2.45, 2.75) is 96.3 Å². The molecule has 2 rings (SSSR count). The highest BCUT2D eigenvalue weighted by molar-refractivity contribution is 5.84. The molecule has 0 aromatic heterocycles. The fourth-order valence-corrected chi connectivity index (χ4v) is 4.44. The Bertz CT molecular complexity index is 737. The van der Waals surface area contributed by atoms with Crippen LogP contribution in [0.4, 0.5) is 0 Å². The summed E-state index contributed by atoms with van der Waals surface area (Å²) in [6.45, 7) is 4.38. The van der Waals surface area contributed by atoms with Gasteiger partial charge in [-0.2, -0.15) is 0 Å². The minimum atomic E-state index is -0.735. The number of likely N-dealkylation sites (N-methyl/N-ethyl adjacent to an activating group) is 1. The fourth-order valence-electron chi connectivity index (χ4n) is 4.44. The van der Waals surface area contributed by atoms with Crippen LogP contribution in [0.2, 0.25) is 0 Å². The molecule has 7 nitrogen and oxygen atoms in total. The van der Waals surface area contributed by atoms with Crippen molar-refractivity contribution >= 4 is 11.9 Å². The van der Waals surface area contributed by atoms with E-state index in [2.05, 4.69) is 6.92 Å². The summed E-state index contributed by atoms with van der Waals surface area (Å²) in [5.74, 6) is 0.649. The van der Waals surface area contributed by atoms with Crippen molar-refractivity contribution < 1.29 is 29.3 Å². The Morgan fingerprint density at radius 1 is 1.15 bits per heavy atom. The number of carbonyl (C=O) groups is 2. The van der Waals surface area contributed by atoms with Crippen LogP contribution in [0.15, 0.2) is 24.3 Å². The molecule has 34 heavy (non-hydrogen) atoms. The van der Waals surface area contributed by atoms with Crippen molar-refractivity contribution in [1.82, 2.24) is 4.90 Å². The number of hydrogen-bond donors (Lipinski definition) is 2. The van der Waals surface area contributed by atoms with Gasteiger partial charge in [0.05, 0.1) is 12.7 Å². The van der Waals surface area contributed by atoms with E-state index in [4.69, 9.17) is 14.6 Å². The average molecular weight is 478 g/mol. The highest BCUT2D eigenvalue weighted by Crippen LogP contribution is 2.23. The third-order valence-electron chi connectivity index (χ3n) is 6.60. The zero-order valence-electron chi connectivity index (χ0n) is 21.1. The maximum Gasteiger partial charge on any atom is 0.329 e. The third-order valence-corrected chi connectivity index (χ3v) is 6.60. The fraction of sp³-hybridized carbons (Fsp3) is 0.704. The van der Waals surface area contributed by atoms with Gasteiger partial charge in [0.25, 0.3) is 0 Å². The summed E-state index contributed by atoms with van der Waals surface area (Å²) in [7, 11) is 1.68. The van der Waals surface area contributed by atoms with Crippen molar-refractivity contribution in [1.29, 1.82) is 0 Å². The van der Waals surface area contributed by atoms with Gasteiger partial charge in [-0.3, -0.25) is 4.79 Å². The molecule has 0 bridgehead atoms. The number of benzene rings is 1. The molecule has 192 valence electrons. The van der Waals surface area contributed by atoms with E-state index in [1.54, 1.807) is 19.2 Å². The molecule has 7 heteroatoms. The first-order valence-corrected chi connectivity index (χ1v) is 12.8. The first kappa shape index (κ1) is 28.1. The van der Waals surface area contributed by atoms with Crippen LogP contribution in [-0.4, -0.2) is 65.5 Å². The van der Waals surface area contributed by atoms with E-state index < -0.39 is 18.1 Å². The second-order valence-electron chi connectivity index (χ2n) is 9.61. The predicted molar refractivity (Wildman–Crippen MR) is 132 cm³/mol. The van der Waals surface area contributed by atoms with Crippen molar-refractivity contribution in [2.24, 2.45) is 5.92 Å². The van der Waals surface area contributed by atoms with Crippen LogP contribution >= 0.6 is 0 Å². The van der Waals surface area contributed by atoms with Crippen LogP contribution < -0.4 is 4.74 Å². The molecule has 0 aliphatic carbocycles. The maximum absolute atomic E-state index is 13.4. The number of nitrogens with zero attached hydrogens (tertiary/aromatic N) is 1. The largest absolute Gasteiger partial charge is 0.491 e. The first-order chi connectivity index (χ1) is 16.3. The van der Waals surface area contributed by atoms with Crippen LogP contribution in [0, 0.1) is 5.92 Å². The molecular weight excluding hydrogens is 434 g/mol. The number of esters is 1. The van der Waals surface area contributed by atoms with Crippen molar-refractivity contribution in [3.63, 3.8) is 0 Å². The number of carbonyl (C=O) groups excluding carboxylic acids is 2. The standard InChI is InChI=1S/C27H43NO6/c1-4-7-22(30)19-24-13-10-20(2)8-5-6-9-26(31)28(3)25(27(32)34-24)18-21-11-14-23(15-12-21)33-17-16-29/h11-12,14-15,20,22,24-25,29-30H,4-10,13,16-19H2,1-3H3/t20-,22+,24?,25?/m1/s1. The number of aliphatic hydroxyl groups is 2. The van der Waals surface area contributed by atoms with Gasteiger partial charge in [0, 0.05) is 26.3 Å². The van der Waals surface area contributed by atoms with E-state index in [1.807, 2.05) is 19.1 Å². The summed E-state index contributed by atoms with van der Waals surface area (Å²) in [4.78, 5) is 27.8. The highest BCUT2D eigenvalue weighted by Gasteiger charge is 2.31. The minimum absolute atomic E-state index is 0.0562. The Kier molecular flexibility index (Phi) is 12.4. The molecule has 1 fully saturated rings. The highest BCUT2D eigenvalue weighted by atomic mass is 16.5. The summed E-state index contributed by atoms with van der Waals surface area (Å²) in [6.07, 6.45) is 6.35. The number of aliphatic hydroxyl groups excluding tert-OH is 2. The monoisotopic (exact) mass is 477 g/mol. The Labute approximate surface area is 204 Å². The van der Waals surface area contributed by atoms with Gasteiger partial charge in [-0.1, -0.05) is 45.2 Å². The Morgan fingerprint density at radius 3 is 2.56 bits per heavy atom. The predicted octanol–water partition coefficient (Wildman–Crippen LogP) is 3.88. The molecule has 0 spiro atoms. The van der Waals surface area contributed by atoms with Gasteiger partial charge >= 0.3 is 5.97 Å². The van der Waals surface area contributed by atoms with Gasteiger partial charge < -0.3 is 24.6 Å². The van der Waals surface area contributed by atoms with Gasteiger partial charge in [-0.25, -0.2) is 4.79 Å². The molecular formula is C27H43NO6. The normalized spacial score (nSPS) is 23.9. The van der Waals surface area contributed by atoms with E-state index in [9.17, 15) is 14.7 Å². The van der Waals surface area contributed by atoms with E-state index in [0.29, 0.717) is 37.4 Å². The van der Waals surface area contributed by atoms with Gasteiger partial charge in [0.1, 0.15) is 24.5 Å². The Morgan fingerprint density at radius 2 is 1.88 bits per heavy atom. The second-order valence-corrected chi connectivity index (χ2v) is 9.61. The SMILES string of the molecule is CCC[C@H](O)CC1CC[C@H](C)CCCCC(=O)N(C)C(Cc2ccc(OCCO)cc2)C(=O)O1. The summed E-state index contributed by atoms with van der Waals surface area (Å²) < 4.78 is 11.4. The third kappa shape index (κ3) is 9.63. The van der Waals surface area contributed by atoms with Gasteiger partial charge in [0.2, 0.25) is 5.91 Å². The molecule has 1 aromatic carbocycles. The van der Waals surface area contributed by atoms with Crippen LogP contribution in [0.3, 0.4) is 0 Å². The maximum atomic E-state index is 13.4. The van der Waals surface area contributed by atoms with Crippen molar-refractivity contribution in [3.05, 3.63) is 29.8 Å². The molecule has 0 saturated carbocycles.